The molecule has 2 aromatic carbocycles. The number of rotatable bonds is 6. The number of carbonyl (C=O) groups excluding carboxylic acids is 3. The van der Waals surface area contributed by atoms with Crippen molar-refractivity contribution in [2.45, 2.75) is 0 Å². The van der Waals surface area contributed by atoms with E-state index in [4.69, 9.17) is 4.74 Å². The maximum Gasteiger partial charge on any atom is 0.329 e. The van der Waals surface area contributed by atoms with Gasteiger partial charge in [-0.05, 0) is 54.6 Å². The second-order valence-electron chi connectivity index (χ2n) is 6.79. The number of hydrogen-bond acceptors (Lipinski definition) is 4. The van der Waals surface area contributed by atoms with Crippen LogP contribution in [0.4, 0.5) is 10.5 Å². The minimum Gasteiger partial charge on any atom is -0.497 e. The summed E-state index contributed by atoms with van der Waals surface area (Å²) < 4.78 is 7.05. The van der Waals surface area contributed by atoms with Crippen LogP contribution in [0.1, 0.15) is 5.69 Å². The predicted molar refractivity (Wildman–Crippen MR) is 116 cm³/mol. The molecular weight excluding hydrogens is 396 g/mol. The van der Waals surface area contributed by atoms with Gasteiger partial charge in [-0.1, -0.05) is 18.2 Å². The van der Waals surface area contributed by atoms with Crippen LogP contribution in [0.5, 0.6) is 5.75 Å². The highest BCUT2D eigenvalue weighted by Crippen LogP contribution is 2.20. The highest BCUT2D eigenvalue weighted by atomic mass is 16.5. The molecule has 0 bridgehead atoms. The van der Waals surface area contributed by atoms with E-state index in [0.717, 1.165) is 16.3 Å². The van der Waals surface area contributed by atoms with Crippen molar-refractivity contribution >= 4 is 29.6 Å². The maximum atomic E-state index is 12.7. The molecule has 2 N–H and O–H groups in total. The van der Waals surface area contributed by atoms with E-state index in [1.165, 1.54) is 0 Å². The Morgan fingerprint density at radius 3 is 2.48 bits per heavy atom. The zero-order valence-electron chi connectivity index (χ0n) is 16.7. The standard InChI is InChI=1S/C23H20N4O4/c1-31-19-11-9-17(10-12-19)26-13-5-8-18(26)14-20-22(29)27(23(30)25-20)15-21(28)24-16-6-3-2-4-7-16/h2-14H,15H2,1H3,(H,24,28)(H,25,30)/b20-14-. The van der Waals surface area contributed by atoms with Crippen molar-refractivity contribution < 1.29 is 19.1 Å². The summed E-state index contributed by atoms with van der Waals surface area (Å²) in [5.74, 6) is -0.285. The van der Waals surface area contributed by atoms with Crippen LogP contribution < -0.4 is 15.4 Å². The molecule has 4 amide bonds. The number of aromatic nitrogens is 1. The topological polar surface area (TPSA) is 92.7 Å². The molecule has 1 aliphatic heterocycles. The first-order chi connectivity index (χ1) is 15.0. The summed E-state index contributed by atoms with van der Waals surface area (Å²) in [4.78, 5) is 38.2. The van der Waals surface area contributed by atoms with Crippen LogP contribution in [0.3, 0.4) is 0 Å². The SMILES string of the molecule is COc1ccc(-n2cccc2/C=C2\NC(=O)N(CC(=O)Nc3ccccc3)C2=O)cc1. The van der Waals surface area contributed by atoms with Crippen LogP contribution in [0.2, 0.25) is 0 Å². The minimum absolute atomic E-state index is 0.103. The van der Waals surface area contributed by atoms with E-state index in [2.05, 4.69) is 10.6 Å². The van der Waals surface area contributed by atoms with Gasteiger partial charge in [0.25, 0.3) is 5.91 Å². The van der Waals surface area contributed by atoms with Gasteiger partial charge in [0.2, 0.25) is 5.91 Å². The Balaban J connectivity index is 1.50. The van der Waals surface area contributed by atoms with Gasteiger partial charge < -0.3 is 19.9 Å². The molecule has 31 heavy (non-hydrogen) atoms. The molecule has 1 aromatic heterocycles. The van der Waals surface area contributed by atoms with E-state index in [9.17, 15) is 14.4 Å². The first-order valence-corrected chi connectivity index (χ1v) is 9.56. The molecule has 156 valence electrons. The Morgan fingerprint density at radius 1 is 1.03 bits per heavy atom. The van der Waals surface area contributed by atoms with Gasteiger partial charge in [-0.25, -0.2) is 9.69 Å². The zero-order chi connectivity index (χ0) is 21.8. The van der Waals surface area contributed by atoms with E-state index in [1.807, 2.05) is 53.2 Å². The van der Waals surface area contributed by atoms with Crippen LogP contribution in [0.15, 0.2) is 78.6 Å². The van der Waals surface area contributed by atoms with Crippen molar-refractivity contribution in [1.82, 2.24) is 14.8 Å². The van der Waals surface area contributed by atoms with Gasteiger partial charge in [0, 0.05) is 23.3 Å². The van der Waals surface area contributed by atoms with Crippen molar-refractivity contribution in [3.05, 3.63) is 84.3 Å². The van der Waals surface area contributed by atoms with Gasteiger partial charge in [-0.2, -0.15) is 0 Å². The number of nitrogens with zero attached hydrogens (tertiary/aromatic N) is 2. The van der Waals surface area contributed by atoms with Gasteiger partial charge in [0.05, 0.1) is 7.11 Å². The molecule has 8 heteroatoms. The molecule has 0 spiro atoms. The van der Waals surface area contributed by atoms with Crippen LogP contribution in [0, 0.1) is 0 Å². The van der Waals surface area contributed by atoms with Crippen molar-refractivity contribution in [1.29, 1.82) is 0 Å². The summed E-state index contributed by atoms with van der Waals surface area (Å²) >= 11 is 0. The van der Waals surface area contributed by atoms with Gasteiger partial charge in [0.15, 0.2) is 0 Å². The average molecular weight is 416 g/mol. The lowest BCUT2D eigenvalue weighted by atomic mass is 10.2. The number of imide groups is 1. The first-order valence-electron chi connectivity index (χ1n) is 9.56. The maximum absolute atomic E-state index is 12.7. The molecule has 1 fully saturated rings. The summed E-state index contributed by atoms with van der Waals surface area (Å²) in [5.41, 5.74) is 2.26. The van der Waals surface area contributed by atoms with Crippen molar-refractivity contribution in [3.63, 3.8) is 0 Å². The highest BCUT2D eigenvalue weighted by Gasteiger charge is 2.35. The lowest BCUT2D eigenvalue weighted by Crippen LogP contribution is -2.38. The number of nitrogens with one attached hydrogen (secondary N) is 2. The lowest BCUT2D eigenvalue weighted by Gasteiger charge is -2.12. The quantitative estimate of drug-likeness (QED) is 0.477. The number of anilines is 1. The third-order valence-electron chi connectivity index (χ3n) is 4.74. The van der Waals surface area contributed by atoms with E-state index in [0.29, 0.717) is 11.4 Å². The summed E-state index contributed by atoms with van der Waals surface area (Å²) in [6, 6.07) is 19.3. The molecule has 0 radical (unpaired) electrons. The van der Waals surface area contributed by atoms with Crippen LogP contribution in [0.25, 0.3) is 11.8 Å². The van der Waals surface area contributed by atoms with Gasteiger partial charge in [-0.3, -0.25) is 9.59 Å². The summed E-state index contributed by atoms with van der Waals surface area (Å²) in [6.07, 6.45) is 3.43. The van der Waals surface area contributed by atoms with Gasteiger partial charge >= 0.3 is 6.03 Å². The Hall–Kier alpha value is -4.33. The van der Waals surface area contributed by atoms with E-state index < -0.39 is 17.8 Å². The number of ether oxygens (including phenoxy) is 1. The summed E-state index contributed by atoms with van der Waals surface area (Å²) in [5, 5.41) is 5.21. The highest BCUT2D eigenvalue weighted by molar-refractivity contribution is 6.15. The Morgan fingerprint density at radius 2 is 1.77 bits per heavy atom. The fourth-order valence-electron chi connectivity index (χ4n) is 3.22. The molecule has 0 saturated carbocycles. The van der Waals surface area contributed by atoms with Gasteiger partial charge in [0.1, 0.15) is 18.0 Å². The number of urea groups is 1. The fraction of sp³-hybridized carbons (Fsp3) is 0.0870. The lowest BCUT2D eigenvalue weighted by molar-refractivity contribution is -0.127. The summed E-state index contributed by atoms with van der Waals surface area (Å²) in [7, 11) is 1.60. The number of carbonyl (C=O) groups is 3. The molecule has 0 unspecified atom stereocenters. The van der Waals surface area contributed by atoms with Crippen LogP contribution in [-0.2, 0) is 9.59 Å². The van der Waals surface area contributed by atoms with E-state index >= 15 is 0 Å². The number of para-hydroxylation sites is 1. The van der Waals surface area contributed by atoms with Crippen molar-refractivity contribution in [2.24, 2.45) is 0 Å². The predicted octanol–water partition coefficient (Wildman–Crippen LogP) is 3.02. The first kappa shape index (κ1) is 20.0. The summed E-state index contributed by atoms with van der Waals surface area (Å²) in [6.45, 7) is -0.379. The van der Waals surface area contributed by atoms with Crippen LogP contribution >= 0.6 is 0 Å². The van der Waals surface area contributed by atoms with Crippen molar-refractivity contribution in [2.75, 3.05) is 19.0 Å². The molecular formula is C23H20N4O4. The number of methoxy groups -OCH3 is 1. The molecule has 1 saturated heterocycles. The Kier molecular flexibility index (Phi) is 5.53. The van der Waals surface area contributed by atoms with E-state index in [1.54, 1.807) is 37.5 Å². The van der Waals surface area contributed by atoms with E-state index in [-0.39, 0.29) is 12.2 Å². The smallest absolute Gasteiger partial charge is 0.329 e. The minimum atomic E-state index is -0.637. The molecule has 8 nitrogen and oxygen atoms in total. The number of amides is 4. The number of benzene rings is 2. The monoisotopic (exact) mass is 416 g/mol. The molecule has 0 aliphatic carbocycles. The molecule has 1 aliphatic rings. The van der Waals surface area contributed by atoms with Crippen molar-refractivity contribution in [3.8, 4) is 11.4 Å². The molecule has 3 aromatic rings. The van der Waals surface area contributed by atoms with Crippen LogP contribution in [-0.4, -0.2) is 41.0 Å². The number of hydrogen-bond donors (Lipinski definition) is 2. The zero-order valence-corrected chi connectivity index (χ0v) is 16.7. The fourth-order valence-corrected chi connectivity index (χ4v) is 3.22. The second kappa shape index (κ2) is 8.58. The Labute approximate surface area is 178 Å². The van der Waals surface area contributed by atoms with Gasteiger partial charge in [-0.15, -0.1) is 0 Å². The molecule has 0 atom stereocenters. The third-order valence-corrected chi connectivity index (χ3v) is 4.74. The Bertz CT molecular complexity index is 1150. The molecule has 4 rings (SSSR count). The normalized spacial score (nSPS) is 14.6. The molecule has 2 heterocycles. The largest absolute Gasteiger partial charge is 0.497 e. The third kappa shape index (κ3) is 4.32. The second-order valence-corrected chi connectivity index (χ2v) is 6.79. The average Bonchev–Trinajstić information content (AvgIpc) is 3.34.